The zero-order valence-electron chi connectivity index (χ0n) is 18.9. The van der Waals surface area contributed by atoms with Crippen molar-refractivity contribution in [1.29, 1.82) is 0 Å². The quantitative estimate of drug-likeness (QED) is 0.128. The Hall–Kier alpha value is -0.590. The molecule has 2 heterocycles. The fraction of sp³-hybridized carbons (Fsp3) is 0.850. The van der Waals surface area contributed by atoms with E-state index in [0.717, 1.165) is 88.7 Å². The van der Waals surface area contributed by atoms with Crippen LogP contribution in [-0.2, 0) is 22.4 Å². The van der Waals surface area contributed by atoms with Crippen molar-refractivity contribution in [1.82, 2.24) is 25.4 Å². The molecule has 0 radical (unpaired) electrons. The number of nitrogens with zero attached hydrogens (tertiary/aromatic N) is 4. The van der Waals surface area contributed by atoms with Gasteiger partial charge in [0.1, 0.15) is 5.82 Å². The summed E-state index contributed by atoms with van der Waals surface area (Å²) >= 11 is 1.66. The van der Waals surface area contributed by atoms with Crippen LogP contribution in [0, 0.1) is 11.8 Å². The second-order valence-electron chi connectivity index (χ2n) is 7.79. The SMILES string of the molecule is CN=C(NCCCOCC1CCOC1)NCCCc1nnc(SC)n1CC(C)C.I. The molecule has 10 heteroatoms. The lowest BCUT2D eigenvalue weighted by Crippen LogP contribution is -2.38. The Bertz CT molecular complexity index is 608. The van der Waals surface area contributed by atoms with Gasteiger partial charge in [0.25, 0.3) is 0 Å². The fourth-order valence-corrected chi connectivity index (χ4v) is 3.75. The van der Waals surface area contributed by atoms with E-state index < -0.39 is 0 Å². The van der Waals surface area contributed by atoms with Crippen LogP contribution in [0.1, 0.15) is 38.9 Å². The average molecular weight is 555 g/mol. The number of hydrogen-bond donors (Lipinski definition) is 2. The molecule has 30 heavy (non-hydrogen) atoms. The van der Waals surface area contributed by atoms with E-state index in [1.54, 1.807) is 18.8 Å². The van der Waals surface area contributed by atoms with E-state index in [4.69, 9.17) is 9.47 Å². The molecular formula is C20H39IN6O2S. The predicted molar refractivity (Wildman–Crippen MR) is 134 cm³/mol. The molecule has 174 valence electrons. The Kier molecular flexibility index (Phi) is 14.7. The van der Waals surface area contributed by atoms with Crippen LogP contribution in [0.2, 0.25) is 0 Å². The number of aliphatic imine (C=N–C) groups is 1. The number of guanidine groups is 1. The molecule has 1 aliphatic rings. The van der Waals surface area contributed by atoms with E-state index in [9.17, 15) is 0 Å². The third-order valence-electron chi connectivity index (χ3n) is 4.75. The van der Waals surface area contributed by atoms with Crippen LogP contribution in [0.3, 0.4) is 0 Å². The minimum Gasteiger partial charge on any atom is -0.381 e. The van der Waals surface area contributed by atoms with Crippen molar-refractivity contribution in [3.05, 3.63) is 5.82 Å². The van der Waals surface area contributed by atoms with Crippen molar-refractivity contribution < 1.29 is 9.47 Å². The molecule has 2 N–H and O–H groups in total. The molecule has 1 atom stereocenters. The molecule has 0 spiro atoms. The summed E-state index contributed by atoms with van der Waals surface area (Å²) in [6.45, 7) is 10.4. The maximum atomic E-state index is 5.73. The molecule has 1 saturated heterocycles. The number of rotatable bonds is 13. The normalized spacial score (nSPS) is 16.7. The molecule has 1 aromatic rings. The predicted octanol–water partition coefficient (Wildman–Crippen LogP) is 2.81. The Morgan fingerprint density at radius 1 is 1.30 bits per heavy atom. The smallest absolute Gasteiger partial charge is 0.190 e. The van der Waals surface area contributed by atoms with Crippen LogP contribution in [0.5, 0.6) is 0 Å². The number of aromatic nitrogens is 3. The highest BCUT2D eigenvalue weighted by Crippen LogP contribution is 2.16. The van der Waals surface area contributed by atoms with Gasteiger partial charge in [0.05, 0.1) is 13.2 Å². The summed E-state index contributed by atoms with van der Waals surface area (Å²) in [5.74, 6) is 3.06. The Labute approximate surface area is 202 Å². The van der Waals surface area contributed by atoms with Crippen LogP contribution in [-0.4, -0.2) is 73.5 Å². The number of nitrogens with one attached hydrogen (secondary N) is 2. The van der Waals surface area contributed by atoms with Gasteiger partial charge in [0.2, 0.25) is 0 Å². The first kappa shape index (κ1) is 27.4. The summed E-state index contributed by atoms with van der Waals surface area (Å²) < 4.78 is 13.3. The first-order valence-corrected chi connectivity index (χ1v) is 11.9. The van der Waals surface area contributed by atoms with Crippen LogP contribution >= 0.6 is 35.7 Å². The third-order valence-corrected chi connectivity index (χ3v) is 5.42. The Balaban J connectivity index is 0.00000450. The number of hydrogen-bond acceptors (Lipinski definition) is 6. The lowest BCUT2D eigenvalue weighted by Gasteiger charge is -2.13. The van der Waals surface area contributed by atoms with Crippen molar-refractivity contribution >= 4 is 41.7 Å². The molecule has 1 aromatic heterocycles. The first-order valence-electron chi connectivity index (χ1n) is 10.7. The Morgan fingerprint density at radius 3 is 2.70 bits per heavy atom. The number of ether oxygens (including phenoxy) is 2. The molecule has 0 aromatic carbocycles. The molecular weight excluding hydrogens is 515 g/mol. The summed E-state index contributed by atoms with van der Waals surface area (Å²) in [7, 11) is 1.80. The van der Waals surface area contributed by atoms with Gasteiger partial charge in [-0.15, -0.1) is 34.2 Å². The Morgan fingerprint density at radius 2 is 2.07 bits per heavy atom. The van der Waals surface area contributed by atoms with Gasteiger partial charge in [-0.25, -0.2) is 0 Å². The van der Waals surface area contributed by atoms with Gasteiger partial charge in [-0.2, -0.15) is 0 Å². The van der Waals surface area contributed by atoms with E-state index in [1.807, 2.05) is 0 Å². The van der Waals surface area contributed by atoms with E-state index in [2.05, 4.69) is 50.5 Å². The van der Waals surface area contributed by atoms with Crippen molar-refractivity contribution in [2.75, 3.05) is 52.8 Å². The second kappa shape index (κ2) is 16.1. The second-order valence-corrected chi connectivity index (χ2v) is 8.57. The van der Waals surface area contributed by atoms with Crippen molar-refractivity contribution in [3.8, 4) is 0 Å². The lowest BCUT2D eigenvalue weighted by atomic mass is 10.1. The maximum Gasteiger partial charge on any atom is 0.190 e. The summed E-state index contributed by atoms with van der Waals surface area (Å²) in [4.78, 5) is 4.29. The van der Waals surface area contributed by atoms with Gasteiger partial charge in [-0.1, -0.05) is 25.6 Å². The highest BCUT2D eigenvalue weighted by atomic mass is 127. The summed E-state index contributed by atoms with van der Waals surface area (Å²) in [6, 6.07) is 0. The van der Waals surface area contributed by atoms with Crippen LogP contribution in [0.4, 0.5) is 0 Å². The van der Waals surface area contributed by atoms with Gasteiger partial charge in [0, 0.05) is 52.2 Å². The highest BCUT2D eigenvalue weighted by molar-refractivity contribution is 14.0. The summed E-state index contributed by atoms with van der Waals surface area (Å²) in [5.41, 5.74) is 0. The van der Waals surface area contributed by atoms with Crippen LogP contribution < -0.4 is 10.6 Å². The monoisotopic (exact) mass is 554 g/mol. The van der Waals surface area contributed by atoms with Crippen LogP contribution in [0.15, 0.2) is 10.1 Å². The molecule has 0 amide bonds. The zero-order chi connectivity index (χ0) is 20.9. The molecule has 1 unspecified atom stereocenters. The van der Waals surface area contributed by atoms with Gasteiger partial charge in [-0.05, 0) is 31.4 Å². The summed E-state index contributed by atoms with van der Waals surface area (Å²) in [5, 5.41) is 16.4. The largest absolute Gasteiger partial charge is 0.381 e. The van der Waals surface area contributed by atoms with E-state index in [1.165, 1.54) is 0 Å². The van der Waals surface area contributed by atoms with E-state index in [-0.39, 0.29) is 24.0 Å². The topological polar surface area (TPSA) is 85.6 Å². The minimum atomic E-state index is 0. The number of thioether (sulfide) groups is 1. The standard InChI is InChI=1S/C20H38N6O2S.HI/c1-16(2)13-26-18(24-25-20(26)29-4)7-5-9-22-19(21-3)23-10-6-11-27-14-17-8-12-28-15-17;/h16-17H,5-15H2,1-4H3,(H2,21,22,23);1H. The molecule has 0 bridgehead atoms. The molecule has 8 nitrogen and oxygen atoms in total. The molecule has 0 saturated carbocycles. The lowest BCUT2D eigenvalue weighted by molar-refractivity contribution is 0.0888. The molecule has 1 aliphatic heterocycles. The maximum absolute atomic E-state index is 5.73. The average Bonchev–Trinajstić information content (AvgIpc) is 3.35. The fourth-order valence-electron chi connectivity index (χ4n) is 3.22. The third kappa shape index (κ3) is 10.1. The number of halogens is 1. The minimum absolute atomic E-state index is 0. The zero-order valence-corrected chi connectivity index (χ0v) is 22.0. The van der Waals surface area contributed by atoms with Crippen molar-refractivity contribution in [2.24, 2.45) is 16.8 Å². The molecule has 1 fully saturated rings. The molecule has 0 aliphatic carbocycles. The van der Waals surface area contributed by atoms with E-state index in [0.29, 0.717) is 11.8 Å². The number of aryl methyl sites for hydroxylation is 1. The highest BCUT2D eigenvalue weighted by Gasteiger charge is 2.15. The van der Waals surface area contributed by atoms with Crippen molar-refractivity contribution in [3.63, 3.8) is 0 Å². The first-order chi connectivity index (χ1) is 14.1. The molecule has 2 rings (SSSR count). The van der Waals surface area contributed by atoms with Gasteiger partial charge in [0.15, 0.2) is 11.1 Å². The summed E-state index contributed by atoms with van der Waals surface area (Å²) in [6.07, 6.45) is 6.03. The van der Waals surface area contributed by atoms with E-state index >= 15 is 0 Å². The van der Waals surface area contributed by atoms with Gasteiger partial charge < -0.3 is 24.7 Å². The van der Waals surface area contributed by atoms with Gasteiger partial charge >= 0.3 is 0 Å². The van der Waals surface area contributed by atoms with Gasteiger partial charge in [-0.3, -0.25) is 4.99 Å². The van der Waals surface area contributed by atoms with Crippen molar-refractivity contribution in [2.45, 2.75) is 51.2 Å². The van der Waals surface area contributed by atoms with Crippen LogP contribution in [0.25, 0.3) is 0 Å².